The van der Waals surface area contributed by atoms with Crippen molar-refractivity contribution in [1.29, 1.82) is 0 Å². The van der Waals surface area contributed by atoms with Crippen LogP contribution in [0.15, 0.2) is 17.5 Å². The molecular formula is C16H19NO2S. The lowest BCUT2D eigenvalue weighted by molar-refractivity contribution is 0.0529. The summed E-state index contributed by atoms with van der Waals surface area (Å²) in [4.78, 5) is 12.1. The van der Waals surface area contributed by atoms with Crippen LogP contribution in [0.4, 0.5) is 5.00 Å². The van der Waals surface area contributed by atoms with Crippen LogP contribution in [0.1, 0.15) is 34.0 Å². The molecule has 0 radical (unpaired) electrons. The highest BCUT2D eigenvalue weighted by Crippen LogP contribution is 2.37. The standard InChI is InChI=1S/C16H19NO2S/c1-5-19-16(18)14-12(8-20-15(14)17)13-10(3)6-9(2)7-11(13)4/h6-8H,5,17H2,1-4H3. The Morgan fingerprint density at radius 1 is 1.25 bits per heavy atom. The van der Waals surface area contributed by atoms with Gasteiger partial charge in [-0.25, -0.2) is 4.79 Å². The van der Waals surface area contributed by atoms with Gasteiger partial charge in [0.15, 0.2) is 0 Å². The first-order chi connectivity index (χ1) is 9.45. The molecular weight excluding hydrogens is 270 g/mol. The van der Waals surface area contributed by atoms with Crippen LogP contribution in [0.5, 0.6) is 0 Å². The molecule has 0 saturated heterocycles. The third-order valence-corrected chi connectivity index (χ3v) is 4.06. The Morgan fingerprint density at radius 2 is 1.85 bits per heavy atom. The van der Waals surface area contributed by atoms with Gasteiger partial charge in [-0.2, -0.15) is 0 Å². The minimum atomic E-state index is -0.347. The highest BCUT2D eigenvalue weighted by Gasteiger charge is 2.21. The van der Waals surface area contributed by atoms with Gasteiger partial charge in [-0.3, -0.25) is 0 Å². The van der Waals surface area contributed by atoms with E-state index < -0.39 is 0 Å². The highest BCUT2D eigenvalue weighted by atomic mass is 32.1. The number of benzene rings is 1. The zero-order valence-corrected chi connectivity index (χ0v) is 13.1. The summed E-state index contributed by atoms with van der Waals surface area (Å²) in [5.74, 6) is -0.347. The van der Waals surface area contributed by atoms with Crippen LogP contribution in [-0.4, -0.2) is 12.6 Å². The molecule has 0 saturated carbocycles. The van der Waals surface area contributed by atoms with Gasteiger partial charge in [0.2, 0.25) is 0 Å². The molecule has 0 unspecified atom stereocenters. The largest absolute Gasteiger partial charge is 0.462 e. The average molecular weight is 289 g/mol. The van der Waals surface area contributed by atoms with Gasteiger partial charge < -0.3 is 10.5 Å². The molecule has 4 heteroatoms. The van der Waals surface area contributed by atoms with Crippen molar-refractivity contribution in [2.24, 2.45) is 0 Å². The monoisotopic (exact) mass is 289 g/mol. The fourth-order valence-electron chi connectivity index (χ4n) is 2.58. The predicted octanol–water partition coefficient (Wildman–Crippen LogP) is 4.10. The lowest BCUT2D eigenvalue weighted by atomic mass is 9.93. The van der Waals surface area contributed by atoms with Crippen LogP contribution in [0.3, 0.4) is 0 Å². The van der Waals surface area contributed by atoms with Crippen LogP contribution in [-0.2, 0) is 4.74 Å². The second-order valence-corrected chi connectivity index (χ2v) is 5.79. The number of hydrogen-bond donors (Lipinski definition) is 1. The van der Waals surface area contributed by atoms with E-state index >= 15 is 0 Å². The number of carbonyl (C=O) groups excluding carboxylic acids is 1. The van der Waals surface area contributed by atoms with E-state index in [9.17, 15) is 4.79 Å². The number of aryl methyl sites for hydroxylation is 3. The van der Waals surface area contributed by atoms with Crippen molar-refractivity contribution in [2.75, 3.05) is 12.3 Å². The third kappa shape index (κ3) is 2.56. The van der Waals surface area contributed by atoms with Crippen LogP contribution < -0.4 is 5.73 Å². The Labute approximate surface area is 123 Å². The number of anilines is 1. The van der Waals surface area contributed by atoms with E-state index in [0.29, 0.717) is 17.2 Å². The maximum Gasteiger partial charge on any atom is 0.341 e. The minimum absolute atomic E-state index is 0.347. The molecule has 0 spiro atoms. The number of thiophene rings is 1. The van der Waals surface area contributed by atoms with E-state index in [1.807, 2.05) is 5.38 Å². The molecule has 0 aliphatic carbocycles. The Balaban J connectivity index is 2.63. The maximum atomic E-state index is 12.1. The molecule has 1 heterocycles. The first-order valence-electron chi connectivity index (χ1n) is 6.58. The van der Waals surface area contributed by atoms with Crippen LogP contribution in [0, 0.1) is 20.8 Å². The SMILES string of the molecule is CCOC(=O)c1c(-c2c(C)cc(C)cc2C)csc1N. The summed E-state index contributed by atoms with van der Waals surface area (Å²) in [7, 11) is 0. The van der Waals surface area contributed by atoms with E-state index in [2.05, 4.69) is 32.9 Å². The van der Waals surface area contributed by atoms with E-state index in [-0.39, 0.29) is 5.97 Å². The van der Waals surface area contributed by atoms with Crippen molar-refractivity contribution in [3.8, 4) is 11.1 Å². The fourth-order valence-corrected chi connectivity index (χ4v) is 3.37. The zero-order chi connectivity index (χ0) is 14.9. The van der Waals surface area contributed by atoms with Gasteiger partial charge >= 0.3 is 5.97 Å². The Kier molecular flexibility index (Phi) is 4.14. The molecule has 0 bridgehead atoms. The maximum absolute atomic E-state index is 12.1. The smallest absolute Gasteiger partial charge is 0.341 e. The molecule has 2 N–H and O–H groups in total. The molecule has 0 aliphatic rings. The summed E-state index contributed by atoms with van der Waals surface area (Å²) in [6.07, 6.45) is 0. The van der Waals surface area contributed by atoms with Crippen molar-refractivity contribution < 1.29 is 9.53 Å². The number of rotatable bonds is 3. The number of esters is 1. The van der Waals surface area contributed by atoms with Gasteiger partial charge in [-0.1, -0.05) is 17.7 Å². The summed E-state index contributed by atoms with van der Waals surface area (Å²) < 4.78 is 5.12. The molecule has 106 valence electrons. The third-order valence-electron chi connectivity index (χ3n) is 3.25. The van der Waals surface area contributed by atoms with Gasteiger partial charge in [-0.15, -0.1) is 11.3 Å². The molecule has 0 fully saturated rings. The molecule has 0 amide bonds. The summed E-state index contributed by atoms with van der Waals surface area (Å²) >= 11 is 1.38. The first-order valence-corrected chi connectivity index (χ1v) is 7.46. The van der Waals surface area contributed by atoms with Crippen molar-refractivity contribution in [1.82, 2.24) is 0 Å². The topological polar surface area (TPSA) is 52.3 Å². The van der Waals surface area contributed by atoms with Crippen molar-refractivity contribution in [2.45, 2.75) is 27.7 Å². The van der Waals surface area contributed by atoms with Crippen molar-refractivity contribution in [3.63, 3.8) is 0 Å². The van der Waals surface area contributed by atoms with E-state index in [1.54, 1.807) is 6.92 Å². The number of hydrogen-bond acceptors (Lipinski definition) is 4. The lowest BCUT2D eigenvalue weighted by Gasteiger charge is -2.12. The predicted molar refractivity (Wildman–Crippen MR) is 84.3 cm³/mol. The molecule has 20 heavy (non-hydrogen) atoms. The molecule has 0 aliphatic heterocycles. The van der Waals surface area contributed by atoms with E-state index in [0.717, 1.165) is 22.3 Å². The minimum Gasteiger partial charge on any atom is -0.462 e. The molecule has 2 aromatic rings. The van der Waals surface area contributed by atoms with Gasteiger partial charge in [0.1, 0.15) is 10.6 Å². The summed E-state index contributed by atoms with van der Waals surface area (Å²) in [6, 6.07) is 4.23. The molecule has 0 atom stereocenters. The van der Waals surface area contributed by atoms with Crippen molar-refractivity contribution >= 4 is 22.3 Å². The normalized spacial score (nSPS) is 10.6. The highest BCUT2D eigenvalue weighted by molar-refractivity contribution is 7.15. The molecule has 1 aromatic carbocycles. The van der Waals surface area contributed by atoms with Crippen LogP contribution >= 0.6 is 11.3 Å². The summed E-state index contributed by atoms with van der Waals surface area (Å²) in [5, 5.41) is 2.45. The van der Waals surface area contributed by atoms with Gasteiger partial charge in [0.05, 0.1) is 6.61 Å². The Hall–Kier alpha value is -1.81. The van der Waals surface area contributed by atoms with E-state index in [4.69, 9.17) is 10.5 Å². The van der Waals surface area contributed by atoms with Gasteiger partial charge in [0, 0.05) is 10.9 Å². The number of nitrogen functional groups attached to an aromatic ring is 1. The Bertz CT molecular complexity index is 635. The Morgan fingerprint density at radius 3 is 2.40 bits per heavy atom. The molecule has 1 aromatic heterocycles. The summed E-state index contributed by atoms with van der Waals surface area (Å²) in [6.45, 7) is 8.32. The van der Waals surface area contributed by atoms with E-state index in [1.165, 1.54) is 16.9 Å². The van der Waals surface area contributed by atoms with Crippen LogP contribution in [0.25, 0.3) is 11.1 Å². The second-order valence-electron chi connectivity index (χ2n) is 4.88. The summed E-state index contributed by atoms with van der Waals surface area (Å²) in [5.41, 5.74) is 11.9. The number of nitrogens with two attached hydrogens (primary N) is 1. The number of carbonyl (C=O) groups is 1. The van der Waals surface area contributed by atoms with Crippen LogP contribution in [0.2, 0.25) is 0 Å². The average Bonchev–Trinajstić information content (AvgIpc) is 2.70. The van der Waals surface area contributed by atoms with Crippen molar-refractivity contribution in [3.05, 3.63) is 39.8 Å². The fraction of sp³-hybridized carbons (Fsp3) is 0.312. The van der Waals surface area contributed by atoms with Gasteiger partial charge in [-0.05, 0) is 44.4 Å². The molecule has 2 rings (SSSR count). The van der Waals surface area contributed by atoms with Gasteiger partial charge in [0.25, 0.3) is 0 Å². The molecule has 3 nitrogen and oxygen atoms in total. The quantitative estimate of drug-likeness (QED) is 0.865. The first kappa shape index (κ1) is 14.6. The second kappa shape index (κ2) is 5.67. The number of ether oxygens (including phenoxy) is 1. The zero-order valence-electron chi connectivity index (χ0n) is 12.2. The lowest BCUT2D eigenvalue weighted by Crippen LogP contribution is -2.07.